The van der Waals surface area contributed by atoms with Gasteiger partial charge < -0.3 is 20.5 Å². The second kappa shape index (κ2) is 11.8. The third kappa shape index (κ3) is 7.04. The third-order valence-electron chi connectivity index (χ3n) is 4.91. The fourth-order valence-electron chi connectivity index (χ4n) is 3.25. The monoisotopic (exact) mass is 487 g/mol. The lowest BCUT2D eigenvalue weighted by molar-refractivity contribution is -0.139. The summed E-state index contributed by atoms with van der Waals surface area (Å²) < 4.78 is 31.4. The van der Waals surface area contributed by atoms with Gasteiger partial charge in [0.2, 0.25) is 0 Å². The van der Waals surface area contributed by atoms with Gasteiger partial charge in [-0.05, 0) is 41.2 Å². The molecular weight excluding hydrogens is 462 g/mol. The van der Waals surface area contributed by atoms with Crippen LogP contribution in [-0.4, -0.2) is 68.7 Å². The van der Waals surface area contributed by atoms with Crippen LogP contribution in [0.4, 0.5) is 0 Å². The van der Waals surface area contributed by atoms with Crippen molar-refractivity contribution in [1.82, 2.24) is 15.6 Å². The molecule has 0 saturated carbocycles. The van der Waals surface area contributed by atoms with Gasteiger partial charge in [-0.15, -0.1) is 0 Å². The lowest BCUT2D eigenvalue weighted by Gasteiger charge is -2.20. The van der Waals surface area contributed by atoms with Crippen LogP contribution < -0.4 is 15.4 Å². The summed E-state index contributed by atoms with van der Waals surface area (Å²) in [5, 5.41) is 16.5. The minimum atomic E-state index is -2.95. The first-order chi connectivity index (χ1) is 16.3. The van der Waals surface area contributed by atoms with Gasteiger partial charge in [-0.1, -0.05) is 30.3 Å². The van der Waals surface area contributed by atoms with Gasteiger partial charge in [-0.2, -0.15) is 8.42 Å². The largest absolute Gasteiger partial charge is 0.491 e. The molecule has 1 aliphatic heterocycles. The molecule has 2 atom stereocenters. The molecule has 1 saturated heterocycles. The van der Waals surface area contributed by atoms with Crippen LogP contribution in [0, 0.1) is 0 Å². The van der Waals surface area contributed by atoms with Crippen LogP contribution in [0.2, 0.25) is 0 Å². The molecule has 0 aliphatic carbocycles. The Morgan fingerprint density at radius 1 is 1.09 bits per heavy atom. The van der Waals surface area contributed by atoms with E-state index in [2.05, 4.69) is 20.1 Å². The maximum Gasteiger partial charge on any atom is 0.333 e. The van der Waals surface area contributed by atoms with Crippen LogP contribution in [-0.2, 0) is 15.3 Å². The molecule has 2 aromatic carbocycles. The van der Waals surface area contributed by atoms with E-state index in [1.165, 1.54) is 12.1 Å². The number of nitrogens with zero attached hydrogens (tertiary/aromatic N) is 3. The van der Waals surface area contributed by atoms with Crippen LogP contribution in [0.3, 0.4) is 0 Å². The maximum absolute atomic E-state index is 12.9. The number of carbonyl (C=O) groups is 2. The van der Waals surface area contributed by atoms with Crippen LogP contribution in [0.25, 0.3) is 0 Å². The Hall–Kier alpha value is -3.93. The summed E-state index contributed by atoms with van der Waals surface area (Å²) >= 11 is 0. The Kier molecular flexibility index (Phi) is 8.57. The number of aliphatic imine (C=N–C) groups is 1. The van der Waals surface area contributed by atoms with Crippen molar-refractivity contribution in [2.45, 2.75) is 18.9 Å². The highest BCUT2D eigenvalue weighted by Gasteiger charge is 2.27. The molecule has 34 heavy (non-hydrogen) atoms. The van der Waals surface area contributed by atoms with E-state index in [1.54, 1.807) is 42.5 Å². The number of rotatable bonds is 10. The van der Waals surface area contributed by atoms with Gasteiger partial charge in [0.05, 0.1) is 12.6 Å². The second-order valence-corrected chi connectivity index (χ2v) is 8.10. The van der Waals surface area contributed by atoms with Crippen molar-refractivity contribution in [1.29, 1.82) is 0 Å². The van der Waals surface area contributed by atoms with Crippen LogP contribution in [0.15, 0.2) is 64.1 Å². The lowest BCUT2D eigenvalue weighted by atomic mass is 9.99. The molecule has 11 nitrogen and oxygen atoms in total. The first kappa shape index (κ1) is 24.7. The predicted octanol–water partition coefficient (Wildman–Crippen LogP) is 1.29. The Morgan fingerprint density at radius 2 is 1.74 bits per heavy atom. The molecule has 0 spiro atoms. The molecule has 3 N–H and O–H groups in total. The number of benzene rings is 2. The van der Waals surface area contributed by atoms with Crippen molar-refractivity contribution in [2.24, 2.45) is 9.46 Å². The highest BCUT2D eigenvalue weighted by Crippen LogP contribution is 2.20. The number of hydrogen-bond donors (Lipinski definition) is 3. The van der Waals surface area contributed by atoms with Crippen molar-refractivity contribution in [3.8, 4) is 5.75 Å². The summed E-state index contributed by atoms with van der Waals surface area (Å²) in [5.41, 5.74) is 0.551. The van der Waals surface area contributed by atoms with Crippen molar-refractivity contribution >= 4 is 28.3 Å². The maximum atomic E-state index is 12.9. The standard InChI is InChI=1S/C22H25N5O6S/c1-15(25-22-23-11-12-24-22)14-33-18-9-7-17(8-10-18)20(28)27(26-34(31)32)13-19(21(29)30)16-5-3-2-4-6-16/h2-10,15,19H,11-14H2,1H3,(H,29,30)(H2,23,24,25)/t15-,19+/m0/s1. The molecule has 1 fully saturated rings. The molecule has 1 heterocycles. The molecule has 1 amide bonds. The molecule has 180 valence electrons. The van der Waals surface area contributed by atoms with Gasteiger partial charge in [0.1, 0.15) is 18.3 Å². The normalized spacial score (nSPS) is 14.2. The number of nitrogens with one attached hydrogen (secondary N) is 2. The topological polar surface area (TPSA) is 150 Å². The number of ether oxygens (including phenoxy) is 1. The molecular formula is C22H25N5O6S. The zero-order valence-electron chi connectivity index (χ0n) is 18.4. The molecule has 0 radical (unpaired) electrons. The van der Waals surface area contributed by atoms with Crippen LogP contribution >= 0.6 is 0 Å². The van der Waals surface area contributed by atoms with Crippen molar-refractivity contribution in [3.05, 3.63) is 65.7 Å². The lowest BCUT2D eigenvalue weighted by Crippen LogP contribution is -2.33. The summed E-state index contributed by atoms with van der Waals surface area (Å²) in [4.78, 5) is 29.2. The van der Waals surface area contributed by atoms with E-state index >= 15 is 0 Å². The Morgan fingerprint density at radius 3 is 2.32 bits per heavy atom. The molecule has 1 aliphatic rings. The molecule has 12 heteroatoms. The quantitative estimate of drug-likeness (QED) is 0.424. The van der Waals surface area contributed by atoms with Gasteiger partial charge in [-0.25, -0.2) is 10.0 Å². The van der Waals surface area contributed by atoms with Crippen molar-refractivity contribution < 1.29 is 27.9 Å². The first-order valence-electron chi connectivity index (χ1n) is 10.5. The van der Waals surface area contributed by atoms with E-state index in [4.69, 9.17) is 4.74 Å². The summed E-state index contributed by atoms with van der Waals surface area (Å²) in [6.07, 6.45) is 0. The van der Waals surface area contributed by atoms with E-state index in [-0.39, 0.29) is 11.6 Å². The average molecular weight is 488 g/mol. The minimum Gasteiger partial charge on any atom is -0.491 e. The number of carbonyl (C=O) groups excluding carboxylic acids is 1. The summed E-state index contributed by atoms with van der Waals surface area (Å²) in [5.74, 6) is -1.89. The number of aliphatic carboxylic acids is 1. The number of carboxylic acid groups (broad SMARTS) is 1. The summed E-state index contributed by atoms with van der Waals surface area (Å²) in [6, 6.07) is 14.2. The zero-order valence-corrected chi connectivity index (χ0v) is 19.2. The van der Waals surface area contributed by atoms with Gasteiger partial charge in [0.25, 0.3) is 5.91 Å². The zero-order chi connectivity index (χ0) is 24.5. The summed E-state index contributed by atoms with van der Waals surface area (Å²) in [7, 11) is -2.95. The minimum absolute atomic E-state index is 0.110. The first-order valence-corrected chi connectivity index (χ1v) is 11.6. The Labute approximate surface area is 198 Å². The third-order valence-corrected chi connectivity index (χ3v) is 5.24. The second-order valence-electron chi connectivity index (χ2n) is 7.50. The van der Waals surface area contributed by atoms with E-state index in [9.17, 15) is 23.1 Å². The van der Waals surface area contributed by atoms with E-state index < -0.39 is 34.8 Å². The van der Waals surface area contributed by atoms with Crippen LogP contribution in [0.5, 0.6) is 5.75 Å². The Balaban J connectivity index is 1.69. The highest BCUT2D eigenvalue weighted by atomic mass is 32.2. The molecule has 2 aromatic rings. The SMILES string of the molecule is C[C@@H](COc1ccc(C(=O)N(C[C@@H](C(=O)O)c2ccccc2)N=S(=O)=O)cc1)N=C1NCCN1. The number of hydrogen-bond acceptors (Lipinski definition) is 7. The number of amides is 1. The van der Waals surface area contributed by atoms with Crippen molar-refractivity contribution in [2.75, 3.05) is 26.2 Å². The van der Waals surface area contributed by atoms with E-state index in [0.717, 1.165) is 19.0 Å². The smallest absolute Gasteiger partial charge is 0.333 e. The highest BCUT2D eigenvalue weighted by molar-refractivity contribution is 7.61. The fourth-order valence-corrected chi connectivity index (χ4v) is 3.55. The van der Waals surface area contributed by atoms with Gasteiger partial charge >= 0.3 is 16.5 Å². The number of guanidine groups is 1. The van der Waals surface area contributed by atoms with E-state index in [0.29, 0.717) is 22.9 Å². The Bertz CT molecular complexity index is 1150. The van der Waals surface area contributed by atoms with E-state index in [1.807, 2.05) is 6.92 Å². The van der Waals surface area contributed by atoms with Gasteiger partial charge in [0, 0.05) is 18.7 Å². The number of carboxylic acids is 1. The van der Waals surface area contributed by atoms with Crippen molar-refractivity contribution in [3.63, 3.8) is 0 Å². The average Bonchev–Trinajstić information content (AvgIpc) is 3.33. The van der Waals surface area contributed by atoms with Gasteiger partial charge in [0.15, 0.2) is 5.96 Å². The van der Waals surface area contributed by atoms with Gasteiger partial charge in [-0.3, -0.25) is 9.59 Å². The predicted molar refractivity (Wildman–Crippen MR) is 124 cm³/mol. The molecule has 0 aromatic heterocycles. The summed E-state index contributed by atoms with van der Waals surface area (Å²) in [6.45, 7) is 3.41. The molecule has 3 rings (SSSR count). The van der Waals surface area contributed by atoms with Crippen LogP contribution in [0.1, 0.15) is 28.8 Å². The molecule has 0 bridgehead atoms. The molecule has 0 unspecified atom stereocenters. The fraction of sp³-hybridized carbons (Fsp3) is 0.318.